The maximum atomic E-state index is 4.16. The molecular formula is C11H15N5. The number of rotatable bonds is 5. The van der Waals surface area contributed by atoms with Crippen LogP contribution in [0.2, 0.25) is 0 Å². The Labute approximate surface area is 94.5 Å². The maximum Gasteiger partial charge on any atom is 0.115 e. The largest absolute Gasteiger partial charge is 0.307 e. The molecular weight excluding hydrogens is 202 g/mol. The molecule has 2 aromatic rings. The Morgan fingerprint density at radius 3 is 3.06 bits per heavy atom. The molecule has 2 aromatic heterocycles. The van der Waals surface area contributed by atoms with Gasteiger partial charge in [-0.3, -0.25) is 4.68 Å². The van der Waals surface area contributed by atoms with Gasteiger partial charge in [0.1, 0.15) is 6.33 Å². The van der Waals surface area contributed by atoms with Gasteiger partial charge in [0.2, 0.25) is 0 Å². The van der Waals surface area contributed by atoms with Crippen LogP contribution in [0.3, 0.4) is 0 Å². The van der Waals surface area contributed by atoms with Gasteiger partial charge in [-0.05, 0) is 19.1 Å². The average molecular weight is 217 g/mol. The normalized spacial score (nSPS) is 12.6. The zero-order chi connectivity index (χ0) is 11.2. The molecule has 0 aliphatic heterocycles. The van der Waals surface area contributed by atoms with Crippen LogP contribution in [0.1, 0.15) is 12.6 Å². The number of hydrogen-bond acceptors (Lipinski definition) is 4. The van der Waals surface area contributed by atoms with Crippen molar-refractivity contribution < 1.29 is 0 Å². The topological polar surface area (TPSA) is 55.6 Å². The summed E-state index contributed by atoms with van der Waals surface area (Å²) in [5, 5.41) is 7.55. The fraction of sp³-hybridized carbons (Fsp3) is 0.364. The second-order valence-corrected chi connectivity index (χ2v) is 3.71. The van der Waals surface area contributed by atoms with E-state index in [1.807, 2.05) is 23.0 Å². The zero-order valence-corrected chi connectivity index (χ0v) is 9.24. The number of nitrogens with one attached hydrogen (secondary N) is 1. The van der Waals surface area contributed by atoms with Crippen molar-refractivity contribution in [2.75, 3.05) is 0 Å². The van der Waals surface area contributed by atoms with Crippen LogP contribution in [0.25, 0.3) is 0 Å². The van der Waals surface area contributed by atoms with Crippen molar-refractivity contribution in [2.24, 2.45) is 0 Å². The van der Waals surface area contributed by atoms with Crippen molar-refractivity contribution >= 4 is 0 Å². The van der Waals surface area contributed by atoms with Crippen molar-refractivity contribution in [3.8, 4) is 0 Å². The predicted octanol–water partition coefficient (Wildman–Crippen LogP) is 0.851. The third-order valence-corrected chi connectivity index (χ3v) is 2.29. The lowest BCUT2D eigenvalue weighted by molar-refractivity contribution is 0.448. The van der Waals surface area contributed by atoms with E-state index in [9.17, 15) is 0 Å². The van der Waals surface area contributed by atoms with Crippen molar-refractivity contribution in [1.82, 2.24) is 25.1 Å². The molecule has 0 saturated heterocycles. The molecule has 0 amide bonds. The molecule has 2 rings (SSSR count). The van der Waals surface area contributed by atoms with Gasteiger partial charge in [0.25, 0.3) is 0 Å². The average Bonchev–Trinajstić information content (AvgIpc) is 2.81. The Hall–Kier alpha value is -1.75. The van der Waals surface area contributed by atoms with Crippen molar-refractivity contribution in [3.63, 3.8) is 0 Å². The van der Waals surface area contributed by atoms with Gasteiger partial charge in [-0.15, -0.1) is 0 Å². The standard InChI is InChI=1S/C11H15N5/c1-10(8-16-6-2-4-15-16)13-7-11-3-5-12-9-14-11/h2-6,9-10,13H,7-8H2,1H3. The highest BCUT2D eigenvalue weighted by Gasteiger charge is 2.02. The number of nitrogens with zero attached hydrogens (tertiary/aromatic N) is 4. The SMILES string of the molecule is CC(Cn1cccn1)NCc1ccncn1. The first kappa shape index (κ1) is 10.8. The molecule has 0 aliphatic rings. The van der Waals surface area contributed by atoms with Crippen molar-refractivity contribution in [2.45, 2.75) is 26.1 Å². The Kier molecular flexibility index (Phi) is 3.61. The molecule has 0 bridgehead atoms. The summed E-state index contributed by atoms with van der Waals surface area (Å²) >= 11 is 0. The van der Waals surface area contributed by atoms with Crippen LogP contribution in [0.4, 0.5) is 0 Å². The lowest BCUT2D eigenvalue weighted by atomic mass is 10.3. The molecule has 16 heavy (non-hydrogen) atoms. The number of aromatic nitrogens is 4. The summed E-state index contributed by atoms with van der Waals surface area (Å²) in [6.07, 6.45) is 7.07. The first-order chi connectivity index (χ1) is 7.84. The van der Waals surface area contributed by atoms with Gasteiger partial charge in [-0.2, -0.15) is 5.10 Å². The van der Waals surface area contributed by atoms with E-state index in [2.05, 4.69) is 27.3 Å². The molecule has 2 heterocycles. The second kappa shape index (κ2) is 5.37. The van der Waals surface area contributed by atoms with Crippen LogP contribution >= 0.6 is 0 Å². The monoisotopic (exact) mass is 217 g/mol. The first-order valence-electron chi connectivity index (χ1n) is 5.30. The first-order valence-corrected chi connectivity index (χ1v) is 5.30. The molecule has 5 heteroatoms. The number of hydrogen-bond donors (Lipinski definition) is 1. The maximum absolute atomic E-state index is 4.16. The Bertz CT molecular complexity index is 398. The highest BCUT2D eigenvalue weighted by Crippen LogP contribution is 1.94. The van der Waals surface area contributed by atoms with Gasteiger partial charge >= 0.3 is 0 Å². The molecule has 0 radical (unpaired) electrons. The minimum Gasteiger partial charge on any atom is -0.307 e. The smallest absolute Gasteiger partial charge is 0.115 e. The molecule has 0 saturated carbocycles. The highest BCUT2D eigenvalue weighted by molar-refractivity contribution is 4.97. The third kappa shape index (κ3) is 3.13. The molecule has 0 fully saturated rings. The van der Waals surface area contributed by atoms with Gasteiger partial charge in [-0.25, -0.2) is 9.97 Å². The van der Waals surface area contributed by atoms with Gasteiger partial charge < -0.3 is 5.32 Å². The van der Waals surface area contributed by atoms with Gasteiger partial charge in [0.05, 0.1) is 12.2 Å². The van der Waals surface area contributed by atoms with Crippen LogP contribution < -0.4 is 5.32 Å². The Balaban J connectivity index is 1.78. The van der Waals surface area contributed by atoms with Gasteiger partial charge in [-0.1, -0.05) is 0 Å². The Morgan fingerprint density at radius 1 is 1.44 bits per heavy atom. The molecule has 1 atom stereocenters. The predicted molar refractivity (Wildman–Crippen MR) is 60.6 cm³/mol. The minimum absolute atomic E-state index is 0.356. The lowest BCUT2D eigenvalue weighted by Crippen LogP contribution is -2.30. The zero-order valence-electron chi connectivity index (χ0n) is 9.24. The Morgan fingerprint density at radius 2 is 2.38 bits per heavy atom. The van der Waals surface area contributed by atoms with Crippen molar-refractivity contribution in [1.29, 1.82) is 0 Å². The second-order valence-electron chi connectivity index (χ2n) is 3.71. The highest BCUT2D eigenvalue weighted by atomic mass is 15.3. The van der Waals surface area contributed by atoms with Crippen molar-refractivity contribution in [3.05, 3.63) is 42.7 Å². The molecule has 0 aromatic carbocycles. The lowest BCUT2D eigenvalue weighted by Gasteiger charge is -2.13. The summed E-state index contributed by atoms with van der Waals surface area (Å²) in [5.41, 5.74) is 1.00. The van der Waals surface area contributed by atoms with Gasteiger partial charge in [0.15, 0.2) is 0 Å². The molecule has 0 aliphatic carbocycles. The van der Waals surface area contributed by atoms with Crippen LogP contribution in [-0.4, -0.2) is 25.8 Å². The van der Waals surface area contributed by atoms with E-state index >= 15 is 0 Å². The minimum atomic E-state index is 0.356. The molecule has 1 unspecified atom stereocenters. The van der Waals surface area contributed by atoms with E-state index in [-0.39, 0.29) is 0 Å². The van der Waals surface area contributed by atoms with Crippen LogP contribution in [-0.2, 0) is 13.1 Å². The summed E-state index contributed by atoms with van der Waals surface area (Å²) in [5.74, 6) is 0. The summed E-state index contributed by atoms with van der Waals surface area (Å²) in [6, 6.07) is 4.19. The quantitative estimate of drug-likeness (QED) is 0.806. The summed E-state index contributed by atoms with van der Waals surface area (Å²) < 4.78 is 1.91. The summed E-state index contributed by atoms with van der Waals surface area (Å²) in [6.45, 7) is 3.74. The van der Waals surface area contributed by atoms with E-state index < -0.39 is 0 Å². The summed E-state index contributed by atoms with van der Waals surface area (Å²) in [4.78, 5) is 8.03. The van der Waals surface area contributed by atoms with E-state index in [0.717, 1.165) is 18.8 Å². The van der Waals surface area contributed by atoms with E-state index in [0.29, 0.717) is 6.04 Å². The molecule has 1 N–H and O–H groups in total. The van der Waals surface area contributed by atoms with Crippen LogP contribution in [0, 0.1) is 0 Å². The van der Waals surface area contributed by atoms with Crippen LogP contribution in [0.15, 0.2) is 37.1 Å². The molecule has 84 valence electrons. The van der Waals surface area contributed by atoms with E-state index in [4.69, 9.17) is 0 Å². The molecule has 5 nitrogen and oxygen atoms in total. The fourth-order valence-electron chi connectivity index (χ4n) is 1.46. The fourth-order valence-corrected chi connectivity index (χ4v) is 1.46. The van der Waals surface area contributed by atoms with E-state index in [1.165, 1.54) is 0 Å². The molecule has 0 spiro atoms. The van der Waals surface area contributed by atoms with Gasteiger partial charge in [0, 0.05) is 31.2 Å². The van der Waals surface area contributed by atoms with Crippen LogP contribution in [0.5, 0.6) is 0 Å². The van der Waals surface area contributed by atoms with E-state index in [1.54, 1.807) is 18.7 Å². The third-order valence-electron chi connectivity index (χ3n) is 2.29. The summed E-state index contributed by atoms with van der Waals surface area (Å²) in [7, 11) is 0.